The summed E-state index contributed by atoms with van der Waals surface area (Å²) >= 11 is 0. The van der Waals surface area contributed by atoms with Crippen molar-refractivity contribution in [2.45, 2.75) is 13.1 Å². The van der Waals surface area contributed by atoms with Crippen molar-refractivity contribution in [3.63, 3.8) is 0 Å². The van der Waals surface area contributed by atoms with Crippen molar-refractivity contribution in [2.75, 3.05) is 0 Å². The quantitative estimate of drug-likeness (QED) is 0.337. The van der Waals surface area contributed by atoms with Gasteiger partial charge < -0.3 is 0 Å². The van der Waals surface area contributed by atoms with E-state index < -0.39 is 44.5 Å². The number of nitrogens with one attached hydrogen (secondary N) is 1. The lowest BCUT2D eigenvalue weighted by atomic mass is 10.0. The van der Waals surface area contributed by atoms with Gasteiger partial charge in [-0.05, 0) is 24.6 Å². The fraction of sp³-hybridized carbons (Fsp3) is 0.125. The van der Waals surface area contributed by atoms with Crippen LogP contribution in [0.3, 0.4) is 0 Å². The smallest absolute Gasteiger partial charge is 0.290 e. The zero-order chi connectivity index (χ0) is 21.9. The molecule has 0 radical (unpaired) electrons. The molecule has 10 nitrogen and oxygen atoms in total. The highest BCUT2D eigenvalue weighted by Crippen LogP contribution is 2.39. The minimum absolute atomic E-state index is 0.0147. The monoisotopic (exact) mass is 409 g/mol. The van der Waals surface area contributed by atoms with Crippen LogP contribution in [-0.4, -0.2) is 20.9 Å². The Morgan fingerprint density at radius 2 is 1.72 bits per heavy atom. The molecule has 0 aliphatic rings. The number of rotatable bonds is 4. The Morgan fingerprint density at radius 1 is 1.17 bits per heavy atom. The van der Waals surface area contributed by atoms with E-state index in [0.717, 1.165) is 24.3 Å². The van der Waals surface area contributed by atoms with Crippen LogP contribution in [0.5, 0.6) is 0 Å². The number of nitriles is 1. The van der Waals surface area contributed by atoms with Gasteiger partial charge in [0.25, 0.3) is 0 Å². The van der Waals surface area contributed by atoms with E-state index in [9.17, 15) is 38.6 Å². The number of nitro groups is 2. The van der Waals surface area contributed by atoms with Crippen molar-refractivity contribution in [1.29, 1.82) is 5.26 Å². The Balaban J connectivity index is 2.75. The number of nitro benzene ring substituents is 2. The average molecular weight is 409 g/mol. The molecule has 150 valence electrons. The van der Waals surface area contributed by atoms with E-state index in [0.29, 0.717) is 6.07 Å². The van der Waals surface area contributed by atoms with E-state index in [1.807, 2.05) is 0 Å². The fourth-order valence-electron chi connectivity index (χ4n) is 2.42. The van der Waals surface area contributed by atoms with Gasteiger partial charge in [-0.15, -0.1) is 0 Å². The van der Waals surface area contributed by atoms with Crippen LogP contribution in [-0.2, 0) is 6.18 Å². The first kappa shape index (κ1) is 21.3. The van der Waals surface area contributed by atoms with Gasteiger partial charge in [0.2, 0.25) is 5.69 Å². The predicted octanol–water partition coefficient (Wildman–Crippen LogP) is 3.76. The zero-order valence-corrected chi connectivity index (χ0v) is 14.4. The van der Waals surface area contributed by atoms with Gasteiger partial charge in [-0.2, -0.15) is 18.4 Å². The van der Waals surface area contributed by atoms with Crippen molar-refractivity contribution in [3.05, 3.63) is 72.8 Å². The van der Waals surface area contributed by atoms with Crippen molar-refractivity contribution < 1.29 is 28.2 Å². The number of hydrogen-bond donors (Lipinski definition) is 2. The van der Waals surface area contributed by atoms with Crippen LogP contribution >= 0.6 is 0 Å². The highest BCUT2D eigenvalue weighted by atomic mass is 19.4. The zero-order valence-electron chi connectivity index (χ0n) is 14.4. The highest BCUT2D eigenvalue weighted by molar-refractivity contribution is 6.02. The van der Waals surface area contributed by atoms with E-state index in [-0.39, 0.29) is 16.7 Å². The number of aliphatic imine (C=N–C) groups is 1. The molecule has 0 saturated carbocycles. The second-order valence-corrected chi connectivity index (χ2v) is 5.59. The average Bonchev–Trinajstić information content (AvgIpc) is 2.64. The lowest BCUT2D eigenvalue weighted by molar-refractivity contribution is -0.392. The lowest BCUT2D eigenvalue weighted by Gasteiger charge is -2.12. The molecule has 0 amide bonds. The van der Waals surface area contributed by atoms with Crippen LogP contribution in [0.1, 0.15) is 22.3 Å². The van der Waals surface area contributed by atoms with E-state index in [1.165, 1.54) is 6.92 Å². The summed E-state index contributed by atoms with van der Waals surface area (Å²) in [6.45, 7) is 1.26. The summed E-state index contributed by atoms with van der Waals surface area (Å²) in [4.78, 5) is 24.3. The minimum Gasteiger partial charge on any atom is -0.290 e. The molecular weight excluding hydrogens is 399 g/mol. The molecule has 0 bridgehead atoms. The Morgan fingerprint density at radius 3 is 2.10 bits per heavy atom. The molecule has 2 rings (SSSR count). The van der Waals surface area contributed by atoms with Gasteiger partial charge in [0.1, 0.15) is 0 Å². The third-order valence-electron chi connectivity index (χ3n) is 3.73. The first-order valence-corrected chi connectivity index (χ1v) is 7.53. The van der Waals surface area contributed by atoms with Crippen LogP contribution in [0.15, 0.2) is 35.3 Å². The number of hydrogen-bond acceptors (Lipinski definition) is 7. The van der Waals surface area contributed by atoms with Crippen molar-refractivity contribution in [3.8, 4) is 6.07 Å². The lowest BCUT2D eigenvalue weighted by Crippen LogP contribution is -2.21. The SMILES string of the molecule is Cc1cc(C(F)(F)F)ccc1C(=Nc1c([N+](=O)[O-])cc(C#N)cc1[N+](=O)[O-])NO. The van der Waals surface area contributed by atoms with Crippen molar-refractivity contribution in [1.82, 2.24) is 5.48 Å². The molecule has 0 aromatic heterocycles. The Hall–Kier alpha value is -4.05. The molecule has 2 N–H and O–H groups in total. The Bertz CT molecular complexity index is 1040. The third-order valence-corrected chi connectivity index (χ3v) is 3.73. The number of nitrogens with zero attached hydrogens (tertiary/aromatic N) is 4. The van der Waals surface area contributed by atoms with Crippen LogP contribution in [0.2, 0.25) is 0 Å². The summed E-state index contributed by atoms with van der Waals surface area (Å²) in [5.74, 6) is -0.563. The molecule has 0 atom stereocenters. The highest BCUT2D eigenvalue weighted by Gasteiger charge is 2.31. The first-order valence-electron chi connectivity index (χ1n) is 7.53. The predicted molar refractivity (Wildman–Crippen MR) is 91.8 cm³/mol. The summed E-state index contributed by atoms with van der Waals surface area (Å²) in [5.41, 5.74) is -2.46. The topological polar surface area (TPSA) is 155 Å². The molecule has 0 saturated heterocycles. The molecule has 0 heterocycles. The van der Waals surface area contributed by atoms with Gasteiger partial charge in [0.15, 0.2) is 5.84 Å². The second kappa shape index (κ2) is 7.90. The van der Waals surface area contributed by atoms with Gasteiger partial charge in [-0.1, -0.05) is 6.07 Å². The van der Waals surface area contributed by atoms with Crippen LogP contribution in [0.4, 0.5) is 30.2 Å². The van der Waals surface area contributed by atoms with Gasteiger partial charge in [-0.25, -0.2) is 4.99 Å². The van der Waals surface area contributed by atoms with E-state index in [4.69, 9.17) is 5.26 Å². The van der Waals surface area contributed by atoms with E-state index in [1.54, 1.807) is 11.5 Å². The summed E-state index contributed by atoms with van der Waals surface area (Å²) in [6, 6.07) is 5.44. The molecule has 2 aromatic carbocycles. The summed E-state index contributed by atoms with van der Waals surface area (Å²) in [6.07, 6.45) is -4.63. The van der Waals surface area contributed by atoms with Crippen LogP contribution in [0.25, 0.3) is 0 Å². The van der Waals surface area contributed by atoms with Crippen molar-refractivity contribution >= 4 is 22.9 Å². The normalized spacial score (nSPS) is 11.7. The summed E-state index contributed by atoms with van der Waals surface area (Å²) in [7, 11) is 0. The maximum Gasteiger partial charge on any atom is 0.416 e. The molecule has 0 unspecified atom stereocenters. The number of amidine groups is 1. The molecule has 29 heavy (non-hydrogen) atoms. The fourth-order valence-corrected chi connectivity index (χ4v) is 2.42. The molecule has 0 fully saturated rings. The summed E-state index contributed by atoms with van der Waals surface area (Å²) in [5, 5.41) is 40.8. The second-order valence-electron chi connectivity index (χ2n) is 5.59. The minimum atomic E-state index is -4.63. The number of benzene rings is 2. The van der Waals surface area contributed by atoms with Crippen LogP contribution < -0.4 is 5.48 Å². The molecule has 13 heteroatoms. The number of hydroxylamine groups is 1. The van der Waals surface area contributed by atoms with Crippen molar-refractivity contribution in [2.24, 2.45) is 4.99 Å². The number of alkyl halides is 3. The molecule has 2 aromatic rings. The largest absolute Gasteiger partial charge is 0.416 e. The summed E-state index contributed by atoms with van der Waals surface area (Å²) < 4.78 is 38.4. The molecule has 0 aliphatic heterocycles. The number of halogens is 3. The van der Waals surface area contributed by atoms with Gasteiger partial charge >= 0.3 is 17.6 Å². The molecule has 0 aliphatic carbocycles. The first-order chi connectivity index (χ1) is 13.5. The van der Waals surface area contributed by atoms with Gasteiger partial charge in [-0.3, -0.25) is 30.9 Å². The maximum atomic E-state index is 12.8. The van der Waals surface area contributed by atoms with Gasteiger partial charge in [0, 0.05) is 17.7 Å². The number of aryl methyl sites for hydroxylation is 1. The van der Waals surface area contributed by atoms with Crippen LogP contribution in [0, 0.1) is 38.5 Å². The molecular formula is C16H10F3N5O5. The third kappa shape index (κ3) is 4.45. The van der Waals surface area contributed by atoms with E-state index >= 15 is 0 Å². The van der Waals surface area contributed by atoms with Gasteiger partial charge in [0.05, 0.1) is 27.0 Å². The Labute approximate surface area is 159 Å². The standard InChI is InChI=1S/C16H10F3N5O5/c1-8-4-10(16(17,18)19)2-3-11(8)15(22-25)21-14-12(23(26)27)5-9(7-20)6-13(14)24(28)29/h2-6,25H,1H3,(H,21,22). The molecule has 0 spiro atoms. The van der Waals surface area contributed by atoms with E-state index in [2.05, 4.69) is 4.99 Å². The maximum absolute atomic E-state index is 12.8. The Kier molecular flexibility index (Phi) is 5.79.